The van der Waals surface area contributed by atoms with Gasteiger partial charge in [0.2, 0.25) is 5.91 Å². The van der Waals surface area contributed by atoms with Gasteiger partial charge in [0.1, 0.15) is 6.04 Å². The fourth-order valence-corrected chi connectivity index (χ4v) is 2.11. The van der Waals surface area contributed by atoms with Crippen LogP contribution in [0.25, 0.3) is 0 Å². The Bertz CT molecular complexity index is 541. The van der Waals surface area contributed by atoms with E-state index in [-0.39, 0.29) is 12.5 Å². The highest BCUT2D eigenvalue weighted by molar-refractivity contribution is 5.98. The molecule has 0 radical (unpaired) electrons. The predicted octanol–water partition coefficient (Wildman–Crippen LogP) is 0.232. The van der Waals surface area contributed by atoms with Crippen LogP contribution in [0.3, 0.4) is 0 Å². The summed E-state index contributed by atoms with van der Waals surface area (Å²) < 4.78 is 0. The van der Waals surface area contributed by atoms with E-state index in [4.69, 9.17) is 5.11 Å². The van der Waals surface area contributed by atoms with Gasteiger partial charge in [0.05, 0.1) is 6.54 Å². The molecule has 0 aliphatic carbocycles. The maximum Gasteiger partial charge on any atom is 0.328 e. The molecule has 1 atom stereocenters. The van der Waals surface area contributed by atoms with Crippen molar-refractivity contribution >= 4 is 17.8 Å². The zero-order chi connectivity index (χ0) is 14.0. The first-order chi connectivity index (χ1) is 8.99. The lowest BCUT2D eigenvalue weighted by Gasteiger charge is -2.21. The molecule has 1 heterocycles. The molecule has 2 amide bonds. The minimum absolute atomic E-state index is 0.0393. The highest BCUT2D eigenvalue weighted by atomic mass is 16.4. The lowest BCUT2D eigenvalue weighted by Crippen LogP contribution is -2.47. The van der Waals surface area contributed by atoms with Gasteiger partial charge >= 0.3 is 5.97 Å². The van der Waals surface area contributed by atoms with E-state index in [9.17, 15) is 14.4 Å². The Labute approximate surface area is 110 Å². The second-order valence-electron chi connectivity index (χ2n) is 4.43. The molecule has 0 saturated carbocycles. The summed E-state index contributed by atoms with van der Waals surface area (Å²) in [5, 5.41) is 11.4. The summed E-state index contributed by atoms with van der Waals surface area (Å²) >= 11 is 0. The maximum absolute atomic E-state index is 12.1. The Hall–Kier alpha value is -2.37. The van der Waals surface area contributed by atoms with Crippen molar-refractivity contribution in [2.45, 2.75) is 19.5 Å². The Balaban J connectivity index is 2.11. The normalized spacial score (nSPS) is 15.0. The van der Waals surface area contributed by atoms with Crippen LogP contribution in [-0.4, -0.2) is 40.4 Å². The van der Waals surface area contributed by atoms with Crippen molar-refractivity contribution in [3.8, 4) is 0 Å². The fraction of sp³-hybridized carbons (Fsp3) is 0.308. The van der Waals surface area contributed by atoms with Crippen molar-refractivity contribution in [2.75, 3.05) is 6.54 Å². The second kappa shape index (κ2) is 5.09. The lowest BCUT2D eigenvalue weighted by molar-refractivity contribution is -0.141. The number of hydrogen-bond acceptors (Lipinski definition) is 3. The van der Waals surface area contributed by atoms with Crippen molar-refractivity contribution in [3.05, 3.63) is 35.4 Å². The number of aliphatic carboxylic acids is 1. The van der Waals surface area contributed by atoms with Crippen molar-refractivity contribution in [1.82, 2.24) is 10.2 Å². The molecule has 1 aromatic carbocycles. The third-order valence-electron chi connectivity index (χ3n) is 2.97. The Morgan fingerprint density at radius 1 is 1.42 bits per heavy atom. The molecular formula is C13H14N2O4. The first-order valence-electron chi connectivity index (χ1n) is 5.86. The van der Waals surface area contributed by atoms with E-state index in [1.54, 1.807) is 12.1 Å². The Morgan fingerprint density at radius 3 is 2.68 bits per heavy atom. The van der Waals surface area contributed by atoms with Crippen LogP contribution in [-0.2, 0) is 16.1 Å². The van der Waals surface area contributed by atoms with E-state index in [2.05, 4.69) is 5.32 Å². The third kappa shape index (κ3) is 2.73. The number of carbonyl (C=O) groups is 3. The predicted molar refractivity (Wildman–Crippen MR) is 66.4 cm³/mol. The first kappa shape index (κ1) is 13.1. The van der Waals surface area contributed by atoms with Crippen LogP contribution in [0.15, 0.2) is 24.3 Å². The molecule has 0 aromatic heterocycles. The summed E-state index contributed by atoms with van der Waals surface area (Å²) in [6, 6.07) is 6.06. The van der Waals surface area contributed by atoms with Gasteiger partial charge in [-0.25, -0.2) is 4.79 Å². The molecule has 0 bridgehead atoms. The molecule has 0 fully saturated rings. The van der Waals surface area contributed by atoms with E-state index in [0.29, 0.717) is 12.1 Å². The monoisotopic (exact) mass is 262 g/mol. The van der Waals surface area contributed by atoms with Crippen molar-refractivity contribution in [3.63, 3.8) is 0 Å². The third-order valence-corrected chi connectivity index (χ3v) is 2.97. The second-order valence-corrected chi connectivity index (χ2v) is 4.43. The van der Waals surface area contributed by atoms with Crippen LogP contribution in [0.2, 0.25) is 0 Å². The summed E-state index contributed by atoms with van der Waals surface area (Å²) in [6.45, 7) is 1.58. The van der Waals surface area contributed by atoms with Crippen molar-refractivity contribution < 1.29 is 19.5 Å². The quantitative estimate of drug-likeness (QED) is 0.813. The molecular weight excluding hydrogens is 248 g/mol. The molecule has 0 saturated heterocycles. The average molecular weight is 262 g/mol. The van der Waals surface area contributed by atoms with Crippen LogP contribution in [0, 0.1) is 0 Å². The number of carboxylic acid groups (broad SMARTS) is 1. The van der Waals surface area contributed by atoms with Crippen molar-refractivity contribution in [2.24, 2.45) is 0 Å². The van der Waals surface area contributed by atoms with Crippen LogP contribution >= 0.6 is 0 Å². The zero-order valence-electron chi connectivity index (χ0n) is 10.4. The molecule has 2 rings (SSSR count). The van der Waals surface area contributed by atoms with Crippen LogP contribution < -0.4 is 5.32 Å². The minimum Gasteiger partial charge on any atom is -0.480 e. The average Bonchev–Trinajstić information content (AvgIpc) is 2.65. The largest absolute Gasteiger partial charge is 0.480 e. The number of benzene rings is 1. The number of amides is 2. The highest BCUT2D eigenvalue weighted by Crippen LogP contribution is 2.22. The van der Waals surface area contributed by atoms with Gasteiger partial charge in [0, 0.05) is 19.0 Å². The summed E-state index contributed by atoms with van der Waals surface area (Å²) in [7, 11) is 0. The van der Waals surface area contributed by atoms with Gasteiger partial charge < -0.3 is 15.3 Å². The van der Waals surface area contributed by atoms with Gasteiger partial charge in [-0.15, -0.1) is 0 Å². The number of hydrogen-bond donors (Lipinski definition) is 2. The molecule has 0 spiro atoms. The fourth-order valence-electron chi connectivity index (χ4n) is 2.11. The molecule has 1 unspecified atom stereocenters. The molecule has 2 N–H and O–H groups in total. The van der Waals surface area contributed by atoms with Gasteiger partial charge in [0.15, 0.2) is 0 Å². The molecule has 1 aliphatic rings. The van der Waals surface area contributed by atoms with Crippen LogP contribution in [0.1, 0.15) is 22.8 Å². The van der Waals surface area contributed by atoms with Gasteiger partial charge in [-0.05, 0) is 11.6 Å². The summed E-state index contributed by atoms with van der Waals surface area (Å²) in [5.74, 6) is -1.79. The van der Waals surface area contributed by atoms with E-state index in [1.165, 1.54) is 11.8 Å². The van der Waals surface area contributed by atoms with Gasteiger partial charge in [0.25, 0.3) is 5.91 Å². The topological polar surface area (TPSA) is 86.7 Å². The number of nitrogens with one attached hydrogen (secondary N) is 1. The minimum atomic E-state index is -1.15. The number of nitrogens with zero attached hydrogens (tertiary/aromatic N) is 1. The van der Waals surface area contributed by atoms with Crippen molar-refractivity contribution in [1.29, 1.82) is 0 Å². The number of carbonyl (C=O) groups excluding carboxylic acids is 2. The van der Waals surface area contributed by atoms with E-state index in [1.807, 2.05) is 12.1 Å². The lowest BCUT2D eigenvalue weighted by atomic mass is 10.1. The standard InChI is InChI=1S/C13H14N2O4/c1-8(16)14-11(13(18)19)7-15-6-9-4-2-3-5-10(9)12(15)17/h2-5,11H,6-7H2,1H3,(H,14,16)(H,18,19). The van der Waals surface area contributed by atoms with Crippen LogP contribution in [0.5, 0.6) is 0 Å². The van der Waals surface area contributed by atoms with Gasteiger partial charge in [-0.2, -0.15) is 0 Å². The van der Waals surface area contributed by atoms with Gasteiger partial charge in [-0.1, -0.05) is 18.2 Å². The molecule has 6 nitrogen and oxygen atoms in total. The molecule has 1 aliphatic heterocycles. The SMILES string of the molecule is CC(=O)NC(CN1Cc2ccccc2C1=O)C(=O)O. The number of carboxylic acids is 1. The zero-order valence-corrected chi connectivity index (χ0v) is 10.4. The summed E-state index contributed by atoms with van der Waals surface area (Å²) in [5.41, 5.74) is 1.47. The molecule has 6 heteroatoms. The van der Waals surface area contributed by atoms with Crippen LogP contribution in [0.4, 0.5) is 0 Å². The maximum atomic E-state index is 12.1. The van der Waals surface area contributed by atoms with Gasteiger partial charge in [-0.3, -0.25) is 9.59 Å². The summed E-state index contributed by atoms with van der Waals surface area (Å²) in [4.78, 5) is 35.5. The first-order valence-corrected chi connectivity index (χ1v) is 5.86. The highest BCUT2D eigenvalue weighted by Gasteiger charge is 2.31. The van der Waals surface area contributed by atoms with E-state index in [0.717, 1.165) is 5.56 Å². The molecule has 100 valence electrons. The van der Waals surface area contributed by atoms with E-state index < -0.39 is 17.9 Å². The smallest absolute Gasteiger partial charge is 0.328 e. The summed E-state index contributed by atoms with van der Waals surface area (Å²) in [6.07, 6.45) is 0. The number of fused-ring (bicyclic) bond motifs is 1. The van der Waals surface area contributed by atoms with E-state index >= 15 is 0 Å². The molecule has 1 aromatic rings. The number of rotatable bonds is 4. The molecule has 19 heavy (non-hydrogen) atoms. The Kier molecular flexibility index (Phi) is 3.50. The Morgan fingerprint density at radius 2 is 2.11 bits per heavy atom.